The van der Waals surface area contributed by atoms with Crippen LogP contribution in [0.5, 0.6) is 5.75 Å². The van der Waals surface area contributed by atoms with Crippen molar-refractivity contribution in [1.29, 1.82) is 0 Å². The van der Waals surface area contributed by atoms with Crippen LogP contribution in [0.15, 0.2) is 82.0 Å². The van der Waals surface area contributed by atoms with Crippen LogP contribution in [-0.2, 0) is 24.4 Å². The van der Waals surface area contributed by atoms with Gasteiger partial charge in [-0.15, -0.1) is 0 Å². The van der Waals surface area contributed by atoms with E-state index < -0.39 is 16.0 Å². The summed E-state index contributed by atoms with van der Waals surface area (Å²) in [5.74, 6) is -0.235. The predicted octanol–water partition coefficient (Wildman–Crippen LogP) is 5.79. The van der Waals surface area contributed by atoms with Gasteiger partial charge in [-0.3, -0.25) is 9.59 Å². The van der Waals surface area contributed by atoms with Crippen LogP contribution in [0.1, 0.15) is 64.9 Å². The molecular formula is C32H37NO6S. The molecule has 0 amide bonds. The zero-order chi connectivity index (χ0) is 28.9. The van der Waals surface area contributed by atoms with Crippen LogP contribution in [0.2, 0.25) is 0 Å². The van der Waals surface area contributed by atoms with Crippen molar-refractivity contribution in [2.75, 3.05) is 20.3 Å². The summed E-state index contributed by atoms with van der Waals surface area (Å²) in [5.41, 5.74) is 3.65. The highest BCUT2D eigenvalue weighted by Gasteiger charge is 2.48. The summed E-state index contributed by atoms with van der Waals surface area (Å²) in [4.78, 5) is 29.9. The number of allylic oxidation sites excluding steroid dienone is 4. The lowest BCUT2D eigenvalue weighted by Crippen LogP contribution is -2.45. The Balaban J connectivity index is 1.60. The number of carbonyl (C=O) groups excluding carboxylic acids is 2. The van der Waals surface area contributed by atoms with Crippen LogP contribution in [0.4, 0.5) is 0 Å². The molecule has 2 aromatic rings. The largest absolute Gasteiger partial charge is 0.383 e. The second-order valence-electron chi connectivity index (χ2n) is 12.6. The molecule has 0 spiro atoms. The molecule has 2 aliphatic carbocycles. The van der Waals surface area contributed by atoms with Crippen LogP contribution in [0, 0.1) is 10.8 Å². The van der Waals surface area contributed by atoms with Crippen LogP contribution in [-0.4, -0.2) is 45.1 Å². The van der Waals surface area contributed by atoms with Gasteiger partial charge in [-0.05, 0) is 53.5 Å². The zero-order valence-corrected chi connectivity index (χ0v) is 24.6. The van der Waals surface area contributed by atoms with Gasteiger partial charge < -0.3 is 13.8 Å². The fraction of sp³-hybridized carbons (Fsp3) is 0.438. The van der Waals surface area contributed by atoms with Crippen LogP contribution in [0.25, 0.3) is 0 Å². The third kappa shape index (κ3) is 5.39. The third-order valence-corrected chi connectivity index (χ3v) is 9.25. The van der Waals surface area contributed by atoms with Gasteiger partial charge in [0.15, 0.2) is 11.6 Å². The second kappa shape index (κ2) is 10.3. The predicted molar refractivity (Wildman–Crippen MR) is 152 cm³/mol. The normalized spacial score (nSPS) is 20.9. The maximum Gasteiger partial charge on any atom is 0.339 e. The van der Waals surface area contributed by atoms with Crippen molar-refractivity contribution in [2.45, 2.75) is 64.2 Å². The van der Waals surface area contributed by atoms with E-state index in [0.717, 1.165) is 29.8 Å². The molecule has 0 saturated heterocycles. The van der Waals surface area contributed by atoms with E-state index in [2.05, 4.69) is 32.6 Å². The number of ketones is 2. The van der Waals surface area contributed by atoms with Crippen molar-refractivity contribution in [2.24, 2.45) is 10.8 Å². The first-order chi connectivity index (χ1) is 18.8. The number of benzene rings is 2. The van der Waals surface area contributed by atoms with Crippen molar-refractivity contribution in [3.05, 3.63) is 82.7 Å². The summed E-state index contributed by atoms with van der Waals surface area (Å²) in [6, 6.07) is 14.7. The lowest BCUT2D eigenvalue weighted by molar-refractivity contribution is -0.119. The molecule has 3 aliphatic rings. The molecule has 0 aromatic heterocycles. The monoisotopic (exact) mass is 563 g/mol. The Bertz CT molecular complexity index is 1450. The number of methoxy groups -OCH3 is 1. The molecule has 0 bridgehead atoms. The molecule has 1 heterocycles. The minimum atomic E-state index is -3.99. The first-order valence-corrected chi connectivity index (χ1v) is 15.1. The Labute approximate surface area is 237 Å². The van der Waals surface area contributed by atoms with Gasteiger partial charge in [0.05, 0.1) is 6.61 Å². The SMILES string of the molecule is COCCN1C2=C(C(=O)CC(C)(C)C2)C(c2ccc(OS(=O)(=O)c3ccccc3)cc2)C2=C1CC(C)(C)CC2=O. The summed E-state index contributed by atoms with van der Waals surface area (Å²) in [5, 5.41) is 0. The highest BCUT2D eigenvalue weighted by atomic mass is 32.2. The zero-order valence-electron chi connectivity index (χ0n) is 23.8. The number of rotatable bonds is 7. The quantitative estimate of drug-likeness (QED) is 0.394. The van der Waals surface area contributed by atoms with Crippen molar-refractivity contribution in [1.82, 2.24) is 4.90 Å². The van der Waals surface area contributed by atoms with E-state index >= 15 is 0 Å². The summed E-state index contributed by atoms with van der Waals surface area (Å²) < 4.78 is 36.3. The van der Waals surface area contributed by atoms with Crippen LogP contribution in [0.3, 0.4) is 0 Å². The first-order valence-electron chi connectivity index (χ1n) is 13.7. The van der Waals surface area contributed by atoms with Gasteiger partial charge in [-0.2, -0.15) is 8.42 Å². The molecule has 1 aliphatic heterocycles. The second-order valence-corrected chi connectivity index (χ2v) is 14.1. The average molecular weight is 564 g/mol. The highest BCUT2D eigenvalue weighted by Crippen LogP contribution is 2.54. The molecular weight excluding hydrogens is 526 g/mol. The Hall–Kier alpha value is -3.23. The molecule has 0 fully saturated rings. The van der Waals surface area contributed by atoms with E-state index in [-0.39, 0.29) is 33.0 Å². The van der Waals surface area contributed by atoms with E-state index in [1.54, 1.807) is 49.6 Å². The van der Waals surface area contributed by atoms with Gasteiger partial charge in [0.2, 0.25) is 0 Å². The van der Waals surface area contributed by atoms with Gasteiger partial charge >= 0.3 is 10.1 Å². The van der Waals surface area contributed by atoms with E-state index in [0.29, 0.717) is 37.1 Å². The van der Waals surface area contributed by atoms with Gasteiger partial charge in [-0.25, -0.2) is 0 Å². The Morgan fingerprint density at radius 3 is 1.82 bits per heavy atom. The van der Waals surface area contributed by atoms with Gasteiger partial charge in [0.1, 0.15) is 10.6 Å². The average Bonchev–Trinajstić information content (AvgIpc) is 2.86. The standard InChI is InChI=1S/C32H37NO6S/c1-31(2)17-24-29(26(34)19-31)28(30-25(33(24)15-16-38-5)18-32(3,4)20-27(30)35)21-11-13-22(14-12-21)39-40(36,37)23-9-7-6-8-10-23/h6-14,28H,15-20H2,1-5H3. The van der Waals surface area contributed by atoms with Gasteiger partial charge in [0, 0.05) is 55.0 Å². The number of nitrogens with zero attached hydrogens (tertiary/aromatic N) is 1. The molecule has 2 aromatic carbocycles. The Kier molecular flexibility index (Phi) is 7.29. The fourth-order valence-corrected chi connectivity index (χ4v) is 7.26. The third-order valence-electron chi connectivity index (χ3n) is 7.99. The van der Waals surface area contributed by atoms with Gasteiger partial charge in [0.25, 0.3) is 0 Å². The maximum atomic E-state index is 13.8. The van der Waals surface area contributed by atoms with Crippen molar-refractivity contribution in [3.63, 3.8) is 0 Å². The first kappa shape index (κ1) is 28.3. The number of carbonyl (C=O) groups is 2. The number of Topliss-reactive ketones (excluding diaryl/α,β-unsaturated/α-hetero) is 2. The van der Waals surface area contributed by atoms with Crippen molar-refractivity contribution < 1.29 is 26.9 Å². The molecule has 0 radical (unpaired) electrons. The number of hydrogen-bond donors (Lipinski definition) is 0. The van der Waals surface area contributed by atoms with Crippen molar-refractivity contribution in [3.8, 4) is 5.75 Å². The van der Waals surface area contributed by atoms with Gasteiger partial charge in [-0.1, -0.05) is 58.0 Å². The Morgan fingerprint density at radius 2 is 1.32 bits per heavy atom. The molecule has 7 nitrogen and oxygen atoms in total. The minimum absolute atomic E-state index is 0.0508. The lowest BCUT2D eigenvalue weighted by Gasteiger charge is -2.49. The topological polar surface area (TPSA) is 90.0 Å². The summed E-state index contributed by atoms with van der Waals surface area (Å²) in [6.07, 6.45) is 2.24. The number of hydrogen-bond acceptors (Lipinski definition) is 7. The van der Waals surface area contributed by atoms with E-state index in [9.17, 15) is 18.0 Å². The molecule has 8 heteroatoms. The summed E-state index contributed by atoms with van der Waals surface area (Å²) >= 11 is 0. The molecule has 0 unspecified atom stereocenters. The number of ether oxygens (including phenoxy) is 1. The molecule has 0 saturated carbocycles. The van der Waals surface area contributed by atoms with E-state index in [4.69, 9.17) is 8.92 Å². The van der Waals surface area contributed by atoms with E-state index in [1.807, 2.05) is 0 Å². The fourth-order valence-electron chi connectivity index (χ4n) is 6.31. The maximum absolute atomic E-state index is 13.8. The smallest absolute Gasteiger partial charge is 0.339 e. The summed E-state index contributed by atoms with van der Waals surface area (Å²) in [6.45, 7) is 9.48. The Morgan fingerprint density at radius 1 is 0.800 bits per heavy atom. The minimum Gasteiger partial charge on any atom is -0.383 e. The van der Waals surface area contributed by atoms with E-state index in [1.165, 1.54) is 12.1 Å². The summed E-state index contributed by atoms with van der Waals surface area (Å²) in [7, 11) is -2.34. The lowest BCUT2D eigenvalue weighted by atomic mass is 9.63. The molecule has 40 heavy (non-hydrogen) atoms. The van der Waals surface area contributed by atoms with Crippen LogP contribution < -0.4 is 4.18 Å². The molecule has 5 rings (SSSR count). The molecule has 212 valence electrons. The molecule has 0 atom stereocenters. The molecule has 0 N–H and O–H groups in total. The van der Waals surface area contributed by atoms with Crippen LogP contribution >= 0.6 is 0 Å². The highest BCUT2D eigenvalue weighted by molar-refractivity contribution is 7.87. The van der Waals surface area contributed by atoms with Crippen molar-refractivity contribution >= 4 is 21.7 Å².